The van der Waals surface area contributed by atoms with Gasteiger partial charge >= 0.3 is 5.97 Å². The van der Waals surface area contributed by atoms with Crippen molar-refractivity contribution in [3.63, 3.8) is 0 Å². The van der Waals surface area contributed by atoms with Crippen molar-refractivity contribution >= 4 is 11.9 Å². The van der Waals surface area contributed by atoms with Crippen LogP contribution in [0.1, 0.15) is 30.3 Å². The average molecular weight is 207 g/mol. The molecule has 1 aromatic rings. The first kappa shape index (κ1) is 9.89. The zero-order chi connectivity index (χ0) is 10.9. The van der Waals surface area contributed by atoms with Crippen molar-refractivity contribution in [3.05, 3.63) is 18.0 Å². The molecular weight excluding hydrogens is 194 g/mol. The minimum Gasteiger partial charge on any atom is -0.477 e. The molecule has 0 aliphatic heterocycles. The molecule has 0 amide bonds. The van der Waals surface area contributed by atoms with Gasteiger partial charge in [-0.15, -0.1) is 0 Å². The predicted molar refractivity (Wildman–Crippen MR) is 54.8 cm³/mol. The molecular formula is C10H13N3O2. The topological polar surface area (TPSA) is 75.1 Å². The van der Waals surface area contributed by atoms with Crippen molar-refractivity contribution in [2.24, 2.45) is 5.41 Å². The summed E-state index contributed by atoms with van der Waals surface area (Å²) in [7, 11) is 0. The lowest BCUT2D eigenvalue weighted by molar-refractivity contribution is 0.0690. The molecule has 0 bridgehead atoms. The zero-order valence-electron chi connectivity index (χ0n) is 8.53. The number of carboxylic acids is 1. The molecule has 5 nitrogen and oxygen atoms in total. The van der Waals surface area contributed by atoms with E-state index in [1.807, 2.05) is 0 Å². The van der Waals surface area contributed by atoms with Crippen molar-refractivity contribution in [1.82, 2.24) is 9.97 Å². The molecule has 5 heteroatoms. The third-order valence-corrected chi connectivity index (χ3v) is 2.65. The van der Waals surface area contributed by atoms with Crippen LogP contribution in [0.25, 0.3) is 0 Å². The van der Waals surface area contributed by atoms with Gasteiger partial charge < -0.3 is 10.4 Å². The van der Waals surface area contributed by atoms with E-state index in [0.717, 1.165) is 6.54 Å². The Bertz CT molecular complexity index is 388. The molecule has 2 rings (SSSR count). The van der Waals surface area contributed by atoms with E-state index in [1.54, 1.807) is 0 Å². The summed E-state index contributed by atoms with van der Waals surface area (Å²) in [5, 5.41) is 11.8. The molecule has 0 unspecified atom stereocenters. The Balaban J connectivity index is 2.01. The SMILES string of the molecule is CC1(CNc2nccc(C(=O)O)n2)CC1. The van der Waals surface area contributed by atoms with Gasteiger partial charge in [-0.2, -0.15) is 0 Å². The fraction of sp³-hybridized carbons (Fsp3) is 0.500. The molecule has 15 heavy (non-hydrogen) atoms. The maximum atomic E-state index is 10.6. The fourth-order valence-electron chi connectivity index (χ4n) is 1.25. The molecule has 1 heterocycles. The molecule has 1 fully saturated rings. The number of carboxylic acid groups (broad SMARTS) is 1. The van der Waals surface area contributed by atoms with Crippen LogP contribution in [0.2, 0.25) is 0 Å². The van der Waals surface area contributed by atoms with Gasteiger partial charge in [-0.1, -0.05) is 6.92 Å². The zero-order valence-corrected chi connectivity index (χ0v) is 8.53. The summed E-state index contributed by atoms with van der Waals surface area (Å²) in [6, 6.07) is 1.38. The molecule has 1 aliphatic rings. The van der Waals surface area contributed by atoms with Gasteiger partial charge in [0.05, 0.1) is 0 Å². The summed E-state index contributed by atoms with van der Waals surface area (Å²) >= 11 is 0. The smallest absolute Gasteiger partial charge is 0.354 e. The summed E-state index contributed by atoms with van der Waals surface area (Å²) in [4.78, 5) is 18.5. The summed E-state index contributed by atoms with van der Waals surface area (Å²) < 4.78 is 0. The Labute approximate surface area is 87.6 Å². The van der Waals surface area contributed by atoms with Crippen LogP contribution in [-0.2, 0) is 0 Å². The third kappa shape index (κ3) is 2.43. The van der Waals surface area contributed by atoms with Gasteiger partial charge in [-0.05, 0) is 24.3 Å². The van der Waals surface area contributed by atoms with E-state index < -0.39 is 5.97 Å². The fourth-order valence-corrected chi connectivity index (χ4v) is 1.25. The Morgan fingerprint density at radius 1 is 1.67 bits per heavy atom. The van der Waals surface area contributed by atoms with Crippen LogP contribution in [0.3, 0.4) is 0 Å². The number of aromatic carboxylic acids is 1. The molecule has 1 aliphatic carbocycles. The monoisotopic (exact) mass is 207 g/mol. The maximum Gasteiger partial charge on any atom is 0.354 e. The lowest BCUT2D eigenvalue weighted by atomic mass is 10.1. The highest BCUT2D eigenvalue weighted by atomic mass is 16.4. The lowest BCUT2D eigenvalue weighted by Gasteiger charge is -2.09. The van der Waals surface area contributed by atoms with Gasteiger partial charge in [0.2, 0.25) is 5.95 Å². The van der Waals surface area contributed by atoms with E-state index in [2.05, 4.69) is 22.2 Å². The van der Waals surface area contributed by atoms with Gasteiger partial charge in [-0.25, -0.2) is 14.8 Å². The number of carbonyl (C=O) groups is 1. The highest BCUT2D eigenvalue weighted by Crippen LogP contribution is 2.44. The van der Waals surface area contributed by atoms with Crippen molar-refractivity contribution in [1.29, 1.82) is 0 Å². The average Bonchev–Trinajstić information content (AvgIpc) is 2.95. The van der Waals surface area contributed by atoms with E-state index in [0.29, 0.717) is 11.4 Å². The van der Waals surface area contributed by atoms with E-state index in [4.69, 9.17) is 5.11 Å². The summed E-state index contributed by atoms with van der Waals surface area (Å²) in [5.74, 6) is -0.638. The largest absolute Gasteiger partial charge is 0.477 e. The second kappa shape index (κ2) is 3.49. The van der Waals surface area contributed by atoms with Crippen LogP contribution in [0, 0.1) is 5.41 Å². The summed E-state index contributed by atoms with van der Waals surface area (Å²) in [6.07, 6.45) is 3.87. The van der Waals surface area contributed by atoms with Crippen LogP contribution in [0.5, 0.6) is 0 Å². The molecule has 0 aromatic carbocycles. The lowest BCUT2D eigenvalue weighted by Crippen LogP contribution is -2.14. The van der Waals surface area contributed by atoms with E-state index in [9.17, 15) is 4.79 Å². The highest BCUT2D eigenvalue weighted by molar-refractivity contribution is 5.85. The van der Waals surface area contributed by atoms with Gasteiger partial charge in [0.15, 0.2) is 5.69 Å². The quantitative estimate of drug-likeness (QED) is 0.780. The first-order valence-electron chi connectivity index (χ1n) is 4.89. The number of aromatic nitrogens is 2. The second-order valence-electron chi connectivity index (χ2n) is 4.23. The Hall–Kier alpha value is -1.65. The number of hydrogen-bond donors (Lipinski definition) is 2. The van der Waals surface area contributed by atoms with Gasteiger partial charge in [-0.3, -0.25) is 0 Å². The number of nitrogens with zero attached hydrogens (tertiary/aromatic N) is 2. The highest BCUT2D eigenvalue weighted by Gasteiger charge is 2.36. The number of hydrogen-bond acceptors (Lipinski definition) is 4. The van der Waals surface area contributed by atoms with Crippen LogP contribution >= 0.6 is 0 Å². The first-order valence-corrected chi connectivity index (χ1v) is 4.89. The summed E-state index contributed by atoms with van der Waals surface area (Å²) in [6.45, 7) is 2.98. The van der Waals surface area contributed by atoms with E-state index >= 15 is 0 Å². The van der Waals surface area contributed by atoms with E-state index in [-0.39, 0.29) is 5.69 Å². The molecule has 0 spiro atoms. The van der Waals surface area contributed by atoms with E-state index in [1.165, 1.54) is 25.1 Å². The first-order chi connectivity index (χ1) is 7.09. The minimum atomic E-state index is -1.03. The van der Waals surface area contributed by atoms with Crippen molar-refractivity contribution in [2.45, 2.75) is 19.8 Å². The molecule has 1 aromatic heterocycles. The molecule has 1 saturated carbocycles. The number of rotatable bonds is 4. The molecule has 0 saturated heterocycles. The molecule has 0 radical (unpaired) electrons. The van der Waals surface area contributed by atoms with Crippen molar-refractivity contribution in [3.8, 4) is 0 Å². The van der Waals surface area contributed by atoms with Crippen molar-refractivity contribution < 1.29 is 9.90 Å². The number of nitrogens with one attached hydrogen (secondary N) is 1. The third-order valence-electron chi connectivity index (χ3n) is 2.65. The predicted octanol–water partition coefficient (Wildman–Crippen LogP) is 1.39. The van der Waals surface area contributed by atoms with Gasteiger partial charge in [0, 0.05) is 12.7 Å². The Morgan fingerprint density at radius 2 is 2.40 bits per heavy atom. The van der Waals surface area contributed by atoms with Crippen LogP contribution in [0.4, 0.5) is 5.95 Å². The molecule has 80 valence electrons. The normalized spacial score (nSPS) is 17.1. The number of anilines is 1. The van der Waals surface area contributed by atoms with Crippen LogP contribution in [0.15, 0.2) is 12.3 Å². The second-order valence-corrected chi connectivity index (χ2v) is 4.23. The minimum absolute atomic E-state index is 0.0217. The molecule has 2 N–H and O–H groups in total. The van der Waals surface area contributed by atoms with Crippen molar-refractivity contribution in [2.75, 3.05) is 11.9 Å². The summed E-state index contributed by atoms with van der Waals surface area (Å²) in [5.41, 5.74) is 0.372. The van der Waals surface area contributed by atoms with Crippen LogP contribution in [-0.4, -0.2) is 27.6 Å². The Morgan fingerprint density at radius 3 is 3.00 bits per heavy atom. The maximum absolute atomic E-state index is 10.6. The van der Waals surface area contributed by atoms with Gasteiger partial charge in [0.1, 0.15) is 0 Å². The van der Waals surface area contributed by atoms with Crippen LogP contribution < -0.4 is 5.32 Å². The van der Waals surface area contributed by atoms with Gasteiger partial charge in [0.25, 0.3) is 0 Å². The molecule has 0 atom stereocenters. The Kier molecular flexibility index (Phi) is 2.30. The standard InChI is InChI=1S/C10H13N3O2/c1-10(3-4-10)6-12-9-11-5-2-7(13-9)8(14)15/h2,5H,3-4,6H2,1H3,(H,14,15)(H,11,12,13).